The fraction of sp³-hybridized carbons (Fsp3) is 0.467. The molecule has 2 aliphatic heterocycles. The molecule has 0 aliphatic carbocycles. The van der Waals surface area contributed by atoms with E-state index in [4.69, 9.17) is 0 Å². The van der Waals surface area contributed by atoms with E-state index in [0.717, 1.165) is 12.0 Å². The van der Waals surface area contributed by atoms with Gasteiger partial charge in [-0.05, 0) is 42.8 Å². The van der Waals surface area contributed by atoms with Crippen LogP contribution < -0.4 is 0 Å². The van der Waals surface area contributed by atoms with Gasteiger partial charge in [0.05, 0.1) is 0 Å². The van der Waals surface area contributed by atoms with Crippen molar-refractivity contribution in [2.24, 2.45) is 5.92 Å². The van der Waals surface area contributed by atoms with E-state index in [2.05, 4.69) is 46.9 Å². The SMILES string of the molecule is Cc1ccc2c(ccn2CC2CC3CN3C2)c1. The molecule has 0 saturated carbocycles. The Morgan fingerprint density at radius 1 is 1.24 bits per heavy atom. The zero-order valence-corrected chi connectivity index (χ0v) is 10.3. The predicted octanol–water partition coefficient (Wildman–Crippen LogP) is 2.65. The number of hydrogen-bond donors (Lipinski definition) is 0. The third kappa shape index (κ3) is 1.59. The predicted molar refractivity (Wildman–Crippen MR) is 70.1 cm³/mol. The van der Waals surface area contributed by atoms with Gasteiger partial charge >= 0.3 is 0 Å². The first-order valence-electron chi connectivity index (χ1n) is 6.59. The van der Waals surface area contributed by atoms with Crippen molar-refractivity contribution in [3.63, 3.8) is 0 Å². The van der Waals surface area contributed by atoms with E-state index in [1.54, 1.807) is 0 Å². The molecule has 1 aromatic carbocycles. The first-order chi connectivity index (χ1) is 8.29. The molecule has 4 rings (SSSR count). The second kappa shape index (κ2) is 3.36. The summed E-state index contributed by atoms with van der Waals surface area (Å²) in [6.45, 7) is 6.03. The molecule has 2 fully saturated rings. The number of piperidine rings is 1. The molecule has 2 heteroatoms. The van der Waals surface area contributed by atoms with E-state index in [0.29, 0.717) is 0 Å². The molecular formula is C15H18N2. The Morgan fingerprint density at radius 2 is 2.18 bits per heavy atom. The highest BCUT2D eigenvalue weighted by molar-refractivity contribution is 5.80. The smallest absolute Gasteiger partial charge is 0.0480 e. The molecule has 3 atom stereocenters. The minimum absolute atomic E-state index is 0.866. The highest BCUT2D eigenvalue weighted by Gasteiger charge is 2.43. The molecule has 2 aromatic rings. The van der Waals surface area contributed by atoms with Crippen LogP contribution in [0.1, 0.15) is 12.0 Å². The number of benzene rings is 1. The monoisotopic (exact) mass is 226 g/mol. The normalized spacial score (nSPS) is 30.8. The Balaban J connectivity index is 1.62. The van der Waals surface area contributed by atoms with Gasteiger partial charge in [-0.3, -0.25) is 4.90 Å². The van der Waals surface area contributed by atoms with E-state index in [1.807, 2.05) is 0 Å². The van der Waals surface area contributed by atoms with Crippen LogP contribution >= 0.6 is 0 Å². The lowest BCUT2D eigenvalue weighted by Crippen LogP contribution is -2.14. The van der Waals surface area contributed by atoms with E-state index in [9.17, 15) is 0 Å². The number of rotatable bonds is 2. The molecule has 1 aromatic heterocycles. The van der Waals surface area contributed by atoms with E-state index in [1.165, 1.54) is 42.5 Å². The molecule has 0 bridgehead atoms. The van der Waals surface area contributed by atoms with Crippen LogP contribution in [0.3, 0.4) is 0 Å². The summed E-state index contributed by atoms with van der Waals surface area (Å²) in [4.78, 5) is 2.60. The van der Waals surface area contributed by atoms with Crippen LogP contribution in [0, 0.1) is 12.8 Å². The van der Waals surface area contributed by atoms with E-state index in [-0.39, 0.29) is 0 Å². The number of hydrogen-bond acceptors (Lipinski definition) is 1. The number of aryl methyl sites for hydroxylation is 1. The third-order valence-corrected chi connectivity index (χ3v) is 4.31. The molecule has 2 aliphatic rings. The highest BCUT2D eigenvalue weighted by atomic mass is 15.3. The van der Waals surface area contributed by atoms with Crippen LogP contribution in [0.2, 0.25) is 0 Å². The Labute approximate surface area is 102 Å². The molecule has 3 unspecified atom stereocenters. The molecule has 17 heavy (non-hydrogen) atoms. The van der Waals surface area contributed by atoms with Gasteiger partial charge in [0.25, 0.3) is 0 Å². The van der Waals surface area contributed by atoms with Gasteiger partial charge in [-0.15, -0.1) is 0 Å². The van der Waals surface area contributed by atoms with Crippen LogP contribution in [0.4, 0.5) is 0 Å². The van der Waals surface area contributed by atoms with E-state index >= 15 is 0 Å². The summed E-state index contributed by atoms with van der Waals surface area (Å²) in [6.07, 6.45) is 3.66. The second-order valence-electron chi connectivity index (χ2n) is 5.74. The van der Waals surface area contributed by atoms with Crippen molar-refractivity contribution >= 4 is 10.9 Å². The van der Waals surface area contributed by atoms with Gasteiger partial charge < -0.3 is 4.57 Å². The lowest BCUT2D eigenvalue weighted by Gasteiger charge is -2.13. The third-order valence-electron chi connectivity index (χ3n) is 4.31. The average molecular weight is 226 g/mol. The summed E-state index contributed by atoms with van der Waals surface area (Å²) < 4.78 is 2.44. The molecule has 0 N–H and O–H groups in total. The van der Waals surface area contributed by atoms with Gasteiger partial charge in [0.2, 0.25) is 0 Å². The topological polar surface area (TPSA) is 7.94 Å². The molecule has 88 valence electrons. The van der Waals surface area contributed by atoms with Crippen LogP contribution in [0.15, 0.2) is 30.5 Å². The minimum atomic E-state index is 0.866. The summed E-state index contributed by atoms with van der Waals surface area (Å²) in [7, 11) is 0. The standard InChI is InChI=1S/C15H18N2/c1-11-2-3-15-13(6-11)4-5-16(15)8-12-7-14-10-17(14)9-12/h2-6,12,14H,7-10H2,1H3. The molecule has 0 radical (unpaired) electrons. The van der Waals surface area contributed by atoms with E-state index < -0.39 is 0 Å². The summed E-state index contributed by atoms with van der Waals surface area (Å²) in [6, 6.07) is 9.94. The van der Waals surface area contributed by atoms with Crippen LogP contribution in [0.25, 0.3) is 10.9 Å². The molecule has 0 amide bonds. The van der Waals surface area contributed by atoms with Gasteiger partial charge in [-0.25, -0.2) is 0 Å². The second-order valence-corrected chi connectivity index (χ2v) is 5.74. The van der Waals surface area contributed by atoms with Crippen LogP contribution in [-0.2, 0) is 6.54 Å². The fourth-order valence-corrected chi connectivity index (χ4v) is 3.35. The van der Waals surface area contributed by atoms with Crippen molar-refractivity contribution in [2.75, 3.05) is 13.1 Å². The Morgan fingerprint density at radius 3 is 3.00 bits per heavy atom. The first-order valence-corrected chi connectivity index (χ1v) is 6.59. The summed E-state index contributed by atoms with van der Waals surface area (Å²) >= 11 is 0. The molecule has 2 saturated heterocycles. The van der Waals surface area contributed by atoms with Crippen LogP contribution in [0.5, 0.6) is 0 Å². The van der Waals surface area contributed by atoms with Crippen molar-refractivity contribution in [1.82, 2.24) is 9.47 Å². The highest BCUT2D eigenvalue weighted by Crippen LogP contribution is 2.35. The van der Waals surface area contributed by atoms with Gasteiger partial charge in [0.1, 0.15) is 0 Å². The van der Waals surface area contributed by atoms with Gasteiger partial charge in [-0.2, -0.15) is 0 Å². The molecule has 3 heterocycles. The lowest BCUT2D eigenvalue weighted by molar-refractivity contribution is 0.427. The first kappa shape index (κ1) is 9.72. The van der Waals surface area contributed by atoms with Crippen molar-refractivity contribution in [2.45, 2.75) is 25.9 Å². The number of nitrogens with zero attached hydrogens (tertiary/aromatic N) is 2. The lowest BCUT2D eigenvalue weighted by atomic mass is 10.1. The maximum absolute atomic E-state index is 2.60. The Hall–Kier alpha value is -1.28. The van der Waals surface area contributed by atoms with Crippen LogP contribution in [-0.4, -0.2) is 28.6 Å². The fourth-order valence-electron chi connectivity index (χ4n) is 3.35. The molecule has 2 nitrogen and oxygen atoms in total. The maximum atomic E-state index is 2.60. The van der Waals surface area contributed by atoms with Gasteiger partial charge in [0, 0.05) is 37.4 Å². The van der Waals surface area contributed by atoms with Gasteiger partial charge in [0.15, 0.2) is 0 Å². The van der Waals surface area contributed by atoms with Crippen molar-refractivity contribution in [1.29, 1.82) is 0 Å². The van der Waals surface area contributed by atoms with Crippen molar-refractivity contribution in [3.8, 4) is 0 Å². The summed E-state index contributed by atoms with van der Waals surface area (Å²) in [5, 5.41) is 1.38. The van der Waals surface area contributed by atoms with Crippen molar-refractivity contribution in [3.05, 3.63) is 36.0 Å². The maximum Gasteiger partial charge on any atom is 0.0480 e. The summed E-state index contributed by atoms with van der Waals surface area (Å²) in [5.74, 6) is 0.866. The number of fused-ring (bicyclic) bond motifs is 2. The van der Waals surface area contributed by atoms with Crippen molar-refractivity contribution < 1.29 is 0 Å². The summed E-state index contributed by atoms with van der Waals surface area (Å²) in [5.41, 5.74) is 2.75. The Kier molecular flexibility index (Phi) is 1.92. The minimum Gasteiger partial charge on any atom is -0.347 e. The number of aromatic nitrogens is 1. The average Bonchev–Trinajstić information content (AvgIpc) is 2.75. The largest absolute Gasteiger partial charge is 0.347 e. The zero-order valence-electron chi connectivity index (χ0n) is 10.3. The zero-order chi connectivity index (χ0) is 11.4. The molecular weight excluding hydrogens is 208 g/mol. The molecule has 0 spiro atoms. The quantitative estimate of drug-likeness (QED) is 0.715. The van der Waals surface area contributed by atoms with Gasteiger partial charge in [-0.1, -0.05) is 11.6 Å². The Bertz CT molecular complexity index is 559.